The molecule has 0 radical (unpaired) electrons. The maximum atomic E-state index is 2.60. The van der Waals surface area contributed by atoms with E-state index in [1.807, 2.05) is 0 Å². The lowest BCUT2D eigenvalue weighted by molar-refractivity contribution is 1.35. The molecule has 0 saturated carbocycles. The Labute approximate surface area is 382 Å². The summed E-state index contributed by atoms with van der Waals surface area (Å²) in [5.41, 5.74) is 20.8. The quantitative estimate of drug-likeness (QED) is 0.129. The predicted molar refractivity (Wildman–Crippen MR) is 279 cm³/mol. The molecule has 14 rings (SSSR count). The van der Waals surface area contributed by atoms with E-state index in [-0.39, 0.29) is 13.7 Å². The number of para-hydroxylation sites is 4. The number of hydrogen-bond acceptors (Lipinski definition) is 2. The third-order valence-corrected chi connectivity index (χ3v) is 19.6. The van der Waals surface area contributed by atoms with Gasteiger partial charge in [-0.1, -0.05) is 218 Å². The molecule has 2 nitrogen and oxygen atoms in total. The highest BCUT2D eigenvalue weighted by Gasteiger charge is 2.47. The number of nitrogens with zero attached hydrogens (tertiary/aromatic N) is 2. The highest BCUT2D eigenvalue weighted by atomic mass is 28.3. The molecule has 10 aromatic rings. The summed E-state index contributed by atoms with van der Waals surface area (Å²) < 4.78 is 0. The third kappa shape index (κ3) is 5.07. The molecular weight excluding hydrogens is 798 g/mol. The maximum absolute atomic E-state index is 3.03. The van der Waals surface area contributed by atoms with Gasteiger partial charge in [-0.25, -0.2) is 0 Å². The molecule has 0 bridgehead atoms. The summed E-state index contributed by atoms with van der Waals surface area (Å²) in [6.45, 7) is 0.0764. The van der Waals surface area contributed by atoms with Crippen LogP contribution in [0.5, 0.6) is 0 Å². The van der Waals surface area contributed by atoms with Crippen LogP contribution in [-0.4, -0.2) is 21.8 Å². The monoisotopic (exact) mass is 838 g/mol. The van der Waals surface area contributed by atoms with Gasteiger partial charge in [-0.2, -0.15) is 0 Å². The summed E-state index contributed by atoms with van der Waals surface area (Å²) in [6, 6.07) is 92.2. The molecule has 0 amide bonds. The summed E-state index contributed by atoms with van der Waals surface area (Å²) in [5, 5.41) is 5.50. The molecule has 0 fully saturated rings. The van der Waals surface area contributed by atoms with Gasteiger partial charge in [0.25, 0.3) is 0 Å². The first kappa shape index (κ1) is 36.6. The van der Waals surface area contributed by atoms with E-state index in [2.05, 4.69) is 252 Å². The van der Waals surface area contributed by atoms with Crippen LogP contribution in [0.2, 0.25) is 0 Å². The van der Waals surface area contributed by atoms with Crippen molar-refractivity contribution in [2.24, 2.45) is 0 Å². The number of anilines is 4. The number of benzene rings is 10. The molecule has 4 aliphatic rings. The van der Waals surface area contributed by atoms with Crippen LogP contribution in [0.15, 0.2) is 243 Å². The fraction of sp³-hybridized carbons (Fsp3) is 0. The second-order valence-electron chi connectivity index (χ2n) is 17.9. The van der Waals surface area contributed by atoms with Crippen molar-refractivity contribution in [1.82, 2.24) is 0 Å². The number of hydrogen-bond donors (Lipinski definition) is 0. The summed E-state index contributed by atoms with van der Waals surface area (Å²) in [4.78, 5) is 5.19. The molecule has 10 aromatic carbocycles. The molecule has 0 N–H and O–H groups in total. The van der Waals surface area contributed by atoms with Crippen molar-refractivity contribution in [2.45, 2.75) is 0 Å². The van der Waals surface area contributed by atoms with Crippen molar-refractivity contribution < 1.29 is 0 Å². The van der Waals surface area contributed by atoms with E-state index < -0.39 is 8.07 Å². The topological polar surface area (TPSA) is 6.48 Å². The number of rotatable bonds is 4. The largest absolute Gasteiger partial charge is 0.376 e. The van der Waals surface area contributed by atoms with Crippen LogP contribution < -0.4 is 52.2 Å². The first-order valence-corrected chi connectivity index (χ1v) is 24.8. The lowest BCUT2D eigenvalue weighted by atomic mass is 9.43. The predicted octanol–water partition coefficient (Wildman–Crippen LogP) is 8.87. The Morgan fingerprint density at radius 1 is 0.231 bits per heavy atom. The summed E-state index contributed by atoms with van der Waals surface area (Å²) in [6.07, 6.45) is 0. The van der Waals surface area contributed by atoms with E-state index >= 15 is 0 Å². The van der Waals surface area contributed by atoms with E-state index in [1.165, 1.54) is 110 Å². The minimum atomic E-state index is -3.03. The van der Waals surface area contributed by atoms with E-state index in [0.717, 1.165) is 0 Å². The Hall–Kier alpha value is -7.85. The average molecular weight is 839 g/mol. The number of fused-ring (bicyclic) bond motifs is 22. The van der Waals surface area contributed by atoms with Gasteiger partial charge in [-0.15, -0.1) is 0 Å². The maximum Gasteiger partial charge on any atom is 0.329 e. The lowest BCUT2D eigenvalue weighted by Gasteiger charge is -2.44. The minimum Gasteiger partial charge on any atom is -0.376 e. The van der Waals surface area contributed by atoms with E-state index in [1.54, 1.807) is 0 Å². The molecule has 4 heterocycles. The molecule has 5 heteroatoms. The van der Waals surface area contributed by atoms with Crippen molar-refractivity contribution in [1.29, 1.82) is 0 Å². The van der Waals surface area contributed by atoms with Crippen molar-refractivity contribution in [3.63, 3.8) is 0 Å². The molecule has 4 aliphatic heterocycles. The summed E-state index contributed by atoms with van der Waals surface area (Å²) >= 11 is 0. The Morgan fingerprint density at radius 3 is 0.908 bits per heavy atom. The Kier molecular flexibility index (Phi) is 7.93. The lowest BCUT2D eigenvalue weighted by Crippen LogP contribution is -2.75. The first-order chi connectivity index (χ1) is 32.3. The zero-order valence-corrected chi connectivity index (χ0v) is 36.6. The zero-order chi connectivity index (χ0) is 42.6. The summed E-state index contributed by atoms with van der Waals surface area (Å²) in [5.74, 6) is 0. The van der Waals surface area contributed by atoms with Gasteiger partial charge in [0.1, 0.15) is 0 Å². The van der Waals surface area contributed by atoms with E-state index in [4.69, 9.17) is 0 Å². The molecule has 0 saturated heterocycles. The second kappa shape index (κ2) is 14.1. The molecule has 0 atom stereocenters. The van der Waals surface area contributed by atoms with Gasteiger partial charge < -0.3 is 9.62 Å². The fourth-order valence-electron chi connectivity index (χ4n) is 12.2. The zero-order valence-electron chi connectivity index (χ0n) is 35.6. The highest BCUT2D eigenvalue weighted by Crippen LogP contribution is 2.47. The molecule has 300 valence electrons. The summed E-state index contributed by atoms with van der Waals surface area (Å²) in [7, 11) is -3.03. The van der Waals surface area contributed by atoms with Crippen LogP contribution in [-0.2, 0) is 0 Å². The molecular formula is C60H40B2N2Si. The van der Waals surface area contributed by atoms with Crippen molar-refractivity contribution >= 4 is 87.1 Å². The molecule has 65 heavy (non-hydrogen) atoms. The third-order valence-electron chi connectivity index (χ3n) is 14.8. The SMILES string of the molecule is c1ccc([Si](c2ccccc2)(c2ccc3c(c2)-c2ccccc2N2B3c3ccccc3-c3ccccc32)c2ccc3c(c2)-c2ccccc2N2B3c3ccccc3-c3ccccc32)cc1. The van der Waals surface area contributed by atoms with Crippen LogP contribution in [0, 0.1) is 0 Å². The van der Waals surface area contributed by atoms with Crippen molar-refractivity contribution in [3.8, 4) is 44.5 Å². The Bertz CT molecular complexity index is 3320. The Balaban J connectivity index is 1.04. The van der Waals surface area contributed by atoms with Gasteiger partial charge in [0.15, 0.2) is 8.07 Å². The normalized spacial score (nSPS) is 13.4. The van der Waals surface area contributed by atoms with Crippen LogP contribution in [0.1, 0.15) is 0 Å². The molecule has 0 aliphatic carbocycles. The van der Waals surface area contributed by atoms with Crippen molar-refractivity contribution in [3.05, 3.63) is 243 Å². The Morgan fingerprint density at radius 2 is 0.523 bits per heavy atom. The van der Waals surface area contributed by atoms with Gasteiger partial charge in [0.2, 0.25) is 0 Å². The van der Waals surface area contributed by atoms with Gasteiger partial charge in [0.05, 0.1) is 0 Å². The van der Waals surface area contributed by atoms with E-state index in [9.17, 15) is 0 Å². The fourth-order valence-corrected chi connectivity index (χ4v) is 17.0. The minimum absolute atomic E-state index is 0.0382. The standard InChI is InChI=1S/C60H40B2N2Si/c1-3-19-41(20-4-1)65(42-21-5-2-6-22-42,43-35-37-55-51(39-43)49-27-11-17-33-59(49)63-57-31-15-9-25-47(57)45-23-7-13-29-53(45)61(55)63)44-36-38-56-52(40-44)50-28-12-18-34-60(50)64-58-32-16-10-26-48(58)46-24-8-14-30-54(46)62(56)64/h1-40H. The van der Waals surface area contributed by atoms with Gasteiger partial charge in [-0.05, 0) is 89.1 Å². The molecule has 0 aromatic heterocycles. The van der Waals surface area contributed by atoms with E-state index in [0.29, 0.717) is 0 Å². The molecule has 0 spiro atoms. The van der Waals surface area contributed by atoms with Gasteiger partial charge in [0, 0.05) is 45.0 Å². The van der Waals surface area contributed by atoms with Crippen LogP contribution >= 0.6 is 0 Å². The smallest absolute Gasteiger partial charge is 0.329 e. The second-order valence-corrected chi connectivity index (χ2v) is 21.7. The van der Waals surface area contributed by atoms with Gasteiger partial charge in [-0.3, -0.25) is 0 Å². The average Bonchev–Trinajstić information content (AvgIpc) is 3.39. The van der Waals surface area contributed by atoms with Crippen LogP contribution in [0.25, 0.3) is 44.5 Å². The van der Waals surface area contributed by atoms with Crippen LogP contribution in [0.4, 0.5) is 22.7 Å². The van der Waals surface area contributed by atoms with Crippen molar-refractivity contribution in [2.75, 3.05) is 9.62 Å². The van der Waals surface area contributed by atoms with Gasteiger partial charge >= 0.3 is 13.7 Å². The van der Waals surface area contributed by atoms with Crippen LogP contribution in [0.3, 0.4) is 0 Å². The first-order valence-electron chi connectivity index (χ1n) is 22.8. The highest BCUT2D eigenvalue weighted by molar-refractivity contribution is 7.20. The molecule has 0 unspecified atom stereocenters.